The zero-order valence-corrected chi connectivity index (χ0v) is 12.1. The number of ether oxygens (including phenoxy) is 1. The third-order valence-corrected chi connectivity index (χ3v) is 3.70. The van der Waals surface area contributed by atoms with E-state index in [0.29, 0.717) is 0 Å². The summed E-state index contributed by atoms with van der Waals surface area (Å²) in [5, 5.41) is 22.5. The zero-order chi connectivity index (χ0) is 14.9. The lowest BCUT2D eigenvalue weighted by Gasteiger charge is -2.19. The third kappa shape index (κ3) is 2.58. The van der Waals surface area contributed by atoms with Crippen molar-refractivity contribution in [2.75, 3.05) is 6.61 Å². The minimum Gasteiger partial charge on any atom is -0.394 e. The van der Waals surface area contributed by atoms with Gasteiger partial charge in [0.05, 0.1) is 10.2 Å². The van der Waals surface area contributed by atoms with Crippen LogP contribution >= 0.6 is 22.6 Å². The van der Waals surface area contributed by atoms with E-state index in [9.17, 15) is 14.7 Å². The molecule has 10 nitrogen and oxygen atoms in total. The molecular weight excluding hydrogens is 385 g/mol. The van der Waals surface area contributed by atoms with Gasteiger partial charge < -0.3 is 14.9 Å². The smallest absolute Gasteiger partial charge is 0.330 e. The summed E-state index contributed by atoms with van der Waals surface area (Å²) in [4.78, 5) is 27.6. The second kappa shape index (κ2) is 5.54. The van der Waals surface area contributed by atoms with E-state index in [1.54, 1.807) is 22.6 Å². The number of hydrogen-bond donors (Lipinski definition) is 3. The number of nitrogens with one attached hydrogen (secondary N) is 1. The van der Waals surface area contributed by atoms with Crippen molar-refractivity contribution in [1.29, 1.82) is 0 Å². The summed E-state index contributed by atoms with van der Waals surface area (Å²) in [5.74, 6) is 0. The van der Waals surface area contributed by atoms with Gasteiger partial charge in [0.15, 0.2) is 5.72 Å². The van der Waals surface area contributed by atoms with Gasteiger partial charge in [-0.1, -0.05) is 5.11 Å². The van der Waals surface area contributed by atoms with Crippen LogP contribution in [0, 0.1) is 3.57 Å². The van der Waals surface area contributed by atoms with Crippen LogP contribution in [-0.4, -0.2) is 38.2 Å². The fraction of sp³-hybridized carbons (Fsp3) is 0.556. The Morgan fingerprint density at radius 1 is 1.70 bits per heavy atom. The van der Waals surface area contributed by atoms with Crippen molar-refractivity contribution in [2.24, 2.45) is 5.11 Å². The number of aromatic nitrogens is 2. The van der Waals surface area contributed by atoms with Crippen LogP contribution in [0.1, 0.15) is 12.6 Å². The summed E-state index contributed by atoms with van der Waals surface area (Å²) in [7, 11) is 0. The first-order valence-electron chi connectivity index (χ1n) is 5.47. The maximum atomic E-state index is 11.7. The van der Waals surface area contributed by atoms with Gasteiger partial charge >= 0.3 is 5.69 Å². The summed E-state index contributed by atoms with van der Waals surface area (Å²) in [5.41, 5.74) is 5.24. The molecule has 0 bridgehead atoms. The van der Waals surface area contributed by atoms with E-state index in [4.69, 9.17) is 15.4 Å². The third-order valence-electron chi connectivity index (χ3n) is 2.93. The fourth-order valence-corrected chi connectivity index (χ4v) is 2.38. The van der Waals surface area contributed by atoms with Crippen LogP contribution in [-0.2, 0) is 4.74 Å². The summed E-state index contributed by atoms with van der Waals surface area (Å²) < 4.78 is 6.63. The van der Waals surface area contributed by atoms with Gasteiger partial charge in [0, 0.05) is 17.5 Å². The minimum atomic E-state index is -1.95. The molecule has 1 aromatic heterocycles. The number of H-pyrrole nitrogens is 1. The maximum absolute atomic E-state index is 11.7. The molecule has 0 aromatic carbocycles. The molecule has 1 saturated heterocycles. The van der Waals surface area contributed by atoms with Crippen LogP contribution in [0.15, 0.2) is 20.9 Å². The lowest BCUT2D eigenvalue weighted by atomic mass is 10.1. The van der Waals surface area contributed by atoms with Gasteiger partial charge in [-0.15, -0.1) is 0 Å². The molecule has 0 radical (unpaired) electrons. The van der Waals surface area contributed by atoms with E-state index < -0.39 is 35.9 Å². The number of azide groups is 1. The van der Waals surface area contributed by atoms with Gasteiger partial charge in [-0.3, -0.25) is 14.3 Å². The highest BCUT2D eigenvalue weighted by atomic mass is 127. The van der Waals surface area contributed by atoms with Crippen molar-refractivity contribution >= 4 is 22.6 Å². The fourth-order valence-electron chi connectivity index (χ4n) is 1.95. The van der Waals surface area contributed by atoms with Gasteiger partial charge in [0.25, 0.3) is 5.56 Å². The number of rotatable bonds is 3. The van der Waals surface area contributed by atoms with Gasteiger partial charge in [0.1, 0.15) is 12.3 Å². The van der Waals surface area contributed by atoms with Gasteiger partial charge in [-0.2, -0.15) is 0 Å². The predicted octanol–water partition coefficient (Wildman–Crippen LogP) is -0.580. The lowest BCUT2D eigenvalue weighted by molar-refractivity contribution is -0.0798. The molecule has 1 aliphatic heterocycles. The topological polar surface area (TPSA) is 153 Å². The molecule has 11 heteroatoms. The van der Waals surface area contributed by atoms with Crippen molar-refractivity contribution < 1.29 is 14.9 Å². The van der Waals surface area contributed by atoms with E-state index in [1.807, 2.05) is 0 Å². The van der Waals surface area contributed by atoms with Crippen LogP contribution < -0.4 is 11.2 Å². The van der Waals surface area contributed by atoms with Crippen LogP contribution in [0.2, 0.25) is 0 Å². The molecule has 1 aromatic rings. The summed E-state index contributed by atoms with van der Waals surface area (Å²) in [6.07, 6.45) is -1.06. The number of aliphatic hydroxyl groups is 2. The molecule has 0 unspecified atom stereocenters. The van der Waals surface area contributed by atoms with Crippen molar-refractivity contribution in [3.63, 3.8) is 0 Å². The Morgan fingerprint density at radius 3 is 3.00 bits per heavy atom. The number of halogens is 1. The van der Waals surface area contributed by atoms with Crippen LogP contribution in [0.4, 0.5) is 0 Å². The first-order chi connectivity index (χ1) is 9.41. The lowest BCUT2D eigenvalue weighted by Crippen LogP contribution is -2.38. The van der Waals surface area contributed by atoms with Gasteiger partial charge in [0.2, 0.25) is 0 Å². The summed E-state index contributed by atoms with van der Waals surface area (Å²) in [6.45, 7) is -0.582. The molecule has 20 heavy (non-hydrogen) atoms. The molecule has 0 amide bonds. The Hall–Kier alpha value is -1.40. The SMILES string of the molecule is [N-]=[N+]=N[C@]1(O)C[C@H](n2cc(I)c(=O)[nH]c2=O)O[C@@H]1CO. The van der Waals surface area contributed by atoms with Crippen LogP contribution in [0.3, 0.4) is 0 Å². The van der Waals surface area contributed by atoms with Crippen LogP contribution in [0.5, 0.6) is 0 Å². The Kier molecular flexibility index (Phi) is 4.15. The first-order valence-corrected chi connectivity index (χ1v) is 6.55. The number of aromatic amines is 1. The number of nitrogens with zero attached hydrogens (tertiary/aromatic N) is 4. The second-order valence-corrected chi connectivity index (χ2v) is 5.34. The van der Waals surface area contributed by atoms with E-state index >= 15 is 0 Å². The van der Waals surface area contributed by atoms with Crippen molar-refractivity contribution in [2.45, 2.75) is 24.5 Å². The van der Waals surface area contributed by atoms with E-state index in [-0.39, 0.29) is 9.99 Å². The predicted molar refractivity (Wildman–Crippen MR) is 73.7 cm³/mol. The zero-order valence-electron chi connectivity index (χ0n) is 9.93. The quantitative estimate of drug-likeness (QED) is 0.271. The Labute approximate surface area is 124 Å². The molecule has 2 heterocycles. The number of hydrogen-bond acceptors (Lipinski definition) is 6. The molecule has 0 saturated carbocycles. The maximum Gasteiger partial charge on any atom is 0.330 e. The van der Waals surface area contributed by atoms with Crippen molar-refractivity contribution in [3.8, 4) is 0 Å². The Morgan fingerprint density at radius 2 is 2.40 bits per heavy atom. The molecule has 0 aliphatic carbocycles. The van der Waals surface area contributed by atoms with Crippen molar-refractivity contribution in [1.82, 2.24) is 9.55 Å². The van der Waals surface area contributed by atoms with E-state index in [0.717, 1.165) is 4.57 Å². The Balaban J connectivity index is 2.42. The molecule has 2 rings (SSSR count). The summed E-state index contributed by atoms with van der Waals surface area (Å²) in [6, 6.07) is 0. The van der Waals surface area contributed by atoms with Crippen LogP contribution in [0.25, 0.3) is 10.4 Å². The van der Waals surface area contributed by atoms with Crippen molar-refractivity contribution in [3.05, 3.63) is 41.0 Å². The highest BCUT2D eigenvalue weighted by molar-refractivity contribution is 14.1. The largest absolute Gasteiger partial charge is 0.394 e. The van der Waals surface area contributed by atoms with Gasteiger partial charge in [-0.25, -0.2) is 4.79 Å². The average Bonchev–Trinajstić information content (AvgIpc) is 2.71. The van der Waals surface area contributed by atoms with E-state index in [2.05, 4.69) is 15.0 Å². The average molecular weight is 395 g/mol. The standard InChI is InChI=1S/C9H10IN5O5/c10-4-2-15(8(18)12-7(4)17)6-1-9(19,13-14-11)5(3-16)20-6/h2,5-6,16,19H,1,3H2,(H,12,17,18)/t5-,6-,9+/m1/s1. The van der Waals surface area contributed by atoms with Gasteiger partial charge in [-0.05, 0) is 28.1 Å². The van der Waals surface area contributed by atoms with E-state index in [1.165, 1.54) is 6.20 Å². The Bertz CT molecular complexity index is 680. The molecule has 0 spiro atoms. The number of aliphatic hydroxyl groups excluding tert-OH is 1. The molecule has 1 fully saturated rings. The molecular formula is C9H10IN5O5. The molecule has 1 aliphatic rings. The highest BCUT2D eigenvalue weighted by Crippen LogP contribution is 2.37. The molecule has 108 valence electrons. The normalized spacial score (nSPS) is 29.1. The second-order valence-electron chi connectivity index (χ2n) is 4.18. The summed E-state index contributed by atoms with van der Waals surface area (Å²) >= 11 is 1.74. The minimum absolute atomic E-state index is 0.218. The highest BCUT2D eigenvalue weighted by Gasteiger charge is 2.47. The monoisotopic (exact) mass is 395 g/mol. The first kappa shape index (κ1) is 15.0. The molecule has 3 atom stereocenters. The molecule has 3 N–H and O–H groups in total.